The van der Waals surface area contributed by atoms with Gasteiger partial charge in [-0.2, -0.15) is 13.2 Å². The zero-order chi connectivity index (χ0) is 12.6. The number of hydrogen-bond donors (Lipinski definition) is 1. The summed E-state index contributed by atoms with van der Waals surface area (Å²) in [7, 11) is 0. The summed E-state index contributed by atoms with van der Waals surface area (Å²) in [6, 6.07) is 5.38. The minimum atomic E-state index is -4.68. The van der Waals surface area contributed by atoms with E-state index >= 15 is 0 Å². The van der Waals surface area contributed by atoms with Gasteiger partial charge in [-0.3, -0.25) is 0 Å². The van der Waals surface area contributed by atoms with Gasteiger partial charge in [0.05, 0.1) is 0 Å². The number of fused-ring (bicyclic) bond motifs is 1. The van der Waals surface area contributed by atoms with Crippen molar-refractivity contribution >= 4 is 22.4 Å². The molecular weight excluding hydrogens is 255 g/mol. The van der Waals surface area contributed by atoms with Crippen LogP contribution in [0.5, 0.6) is 0 Å². The number of alkyl halides is 3. The second-order valence-electron chi connectivity index (χ2n) is 3.56. The molecule has 1 N–H and O–H groups in total. The van der Waals surface area contributed by atoms with E-state index in [1.165, 1.54) is 30.5 Å². The van der Waals surface area contributed by atoms with Crippen LogP contribution in [0, 0.1) is 0 Å². The zero-order valence-electron chi connectivity index (χ0n) is 8.37. The van der Waals surface area contributed by atoms with Crippen molar-refractivity contribution in [3.63, 3.8) is 0 Å². The molecule has 0 aliphatic heterocycles. The molecule has 1 atom stereocenters. The van der Waals surface area contributed by atoms with Gasteiger partial charge in [-0.1, -0.05) is 23.7 Å². The Labute approximate surface area is 99.7 Å². The normalized spacial score (nSPS) is 13.9. The van der Waals surface area contributed by atoms with Gasteiger partial charge in [0.15, 0.2) is 6.10 Å². The summed E-state index contributed by atoms with van der Waals surface area (Å²) in [6.45, 7) is 0. The Morgan fingerprint density at radius 1 is 1.18 bits per heavy atom. The molecule has 90 valence electrons. The Bertz CT molecular complexity index is 556. The van der Waals surface area contributed by atoms with Gasteiger partial charge in [0, 0.05) is 11.6 Å². The summed E-state index contributed by atoms with van der Waals surface area (Å²) >= 11 is 5.64. The fourth-order valence-corrected chi connectivity index (χ4v) is 1.66. The molecule has 0 saturated carbocycles. The highest BCUT2D eigenvalue weighted by atomic mass is 35.5. The third-order valence-corrected chi connectivity index (χ3v) is 2.54. The van der Waals surface area contributed by atoms with Crippen molar-refractivity contribution in [3.05, 3.63) is 41.2 Å². The van der Waals surface area contributed by atoms with Gasteiger partial charge in [-0.15, -0.1) is 0 Å². The lowest BCUT2D eigenvalue weighted by Crippen LogP contribution is -2.20. The summed E-state index contributed by atoms with van der Waals surface area (Å²) in [5.74, 6) is 0. The molecule has 0 radical (unpaired) electrons. The molecular formula is C11H7ClF3NO. The topological polar surface area (TPSA) is 33.1 Å². The maximum Gasteiger partial charge on any atom is 0.418 e. The Hall–Kier alpha value is -1.33. The fraction of sp³-hybridized carbons (Fsp3) is 0.182. The lowest BCUT2D eigenvalue weighted by Gasteiger charge is -2.15. The minimum absolute atomic E-state index is 0.191. The second-order valence-corrected chi connectivity index (χ2v) is 3.95. The molecule has 2 rings (SSSR count). The molecule has 2 nitrogen and oxygen atoms in total. The molecule has 6 heteroatoms. The summed E-state index contributed by atoms with van der Waals surface area (Å²) in [6.07, 6.45) is -5.70. The van der Waals surface area contributed by atoms with Gasteiger partial charge in [0.25, 0.3) is 0 Å². The van der Waals surface area contributed by atoms with Gasteiger partial charge >= 0.3 is 6.18 Å². The van der Waals surface area contributed by atoms with E-state index in [9.17, 15) is 13.2 Å². The lowest BCUT2D eigenvalue weighted by atomic mass is 10.0. The van der Waals surface area contributed by atoms with Crippen LogP contribution in [-0.2, 0) is 0 Å². The molecule has 0 bridgehead atoms. The van der Waals surface area contributed by atoms with Gasteiger partial charge in [-0.05, 0) is 23.1 Å². The van der Waals surface area contributed by atoms with Gasteiger partial charge in [-0.25, -0.2) is 4.98 Å². The summed E-state index contributed by atoms with van der Waals surface area (Å²) < 4.78 is 37.0. The standard InChI is InChI=1S/C11H7ClF3NO/c12-9-4-8-3-6(10(17)11(13,14)15)1-2-7(8)5-16-9/h1-5,10,17H. The van der Waals surface area contributed by atoms with E-state index in [0.717, 1.165) is 0 Å². The number of aliphatic hydroxyl groups is 1. The third-order valence-electron chi connectivity index (χ3n) is 2.34. The molecule has 0 aliphatic carbocycles. The molecule has 1 aromatic heterocycles. The first kappa shape index (κ1) is 12.1. The minimum Gasteiger partial charge on any atom is -0.379 e. The number of aromatic nitrogens is 1. The average molecular weight is 262 g/mol. The molecule has 17 heavy (non-hydrogen) atoms. The number of aliphatic hydroxyl groups excluding tert-OH is 1. The smallest absolute Gasteiger partial charge is 0.379 e. The number of rotatable bonds is 1. The van der Waals surface area contributed by atoms with Crippen molar-refractivity contribution in [2.24, 2.45) is 0 Å². The highest BCUT2D eigenvalue weighted by Crippen LogP contribution is 2.33. The quantitative estimate of drug-likeness (QED) is 0.797. The third kappa shape index (κ3) is 2.50. The van der Waals surface area contributed by atoms with E-state index in [0.29, 0.717) is 10.8 Å². The van der Waals surface area contributed by atoms with Crippen molar-refractivity contribution < 1.29 is 18.3 Å². The van der Waals surface area contributed by atoms with E-state index in [1.54, 1.807) is 0 Å². The number of benzene rings is 1. The van der Waals surface area contributed by atoms with E-state index < -0.39 is 12.3 Å². The Morgan fingerprint density at radius 3 is 2.53 bits per heavy atom. The fourth-order valence-electron chi connectivity index (χ4n) is 1.49. The Morgan fingerprint density at radius 2 is 1.88 bits per heavy atom. The van der Waals surface area contributed by atoms with E-state index in [2.05, 4.69) is 4.98 Å². The largest absolute Gasteiger partial charge is 0.418 e. The van der Waals surface area contributed by atoms with Crippen LogP contribution < -0.4 is 0 Å². The van der Waals surface area contributed by atoms with E-state index in [-0.39, 0.29) is 10.7 Å². The van der Waals surface area contributed by atoms with Crippen LogP contribution in [0.25, 0.3) is 10.8 Å². The van der Waals surface area contributed by atoms with Crippen molar-refractivity contribution in [3.8, 4) is 0 Å². The van der Waals surface area contributed by atoms with Crippen molar-refractivity contribution in [2.45, 2.75) is 12.3 Å². The van der Waals surface area contributed by atoms with Crippen LogP contribution >= 0.6 is 11.6 Å². The number of hydrogen-bond acceptors (Lipinski definition) is 2. The van der Waals surface area contributed by atoms with Crippen molar-refractivity contribution in [1.29, 1.82) is 0 Å². The first-order valence-corrected chi connectivity index (χ1v) is 5.06. The monoisotopic (exact) mass is 261 g/mol. The number of pyridine rings is 1. The van der Waals surface area contributed by atoms with Crippen LogP contribution in [0.1, 0.15) is 11.7 Å². The summed E-state index contributed by atoms with van der Waals surface area (Å²) in [5.41, 5.74) is -0.215. The molecule has 1 unspecified atom stereocenters. The van der Waals surface area contributed by atoms with Crippen LogP contribution in [-0.4, -0.2) is 16.3 Å². The summed E-state index contributed by atoms with van der Waals surface area (Å²) in [4.78, 5) is 3.81. The Balaban J connectivity index is 2.50. The molecule has 2 aromatic rings. The molecule has 0 amide bonds. The second kappa shape index (κ2) is 4.16. The summed E-state index contributed by atoms with van der Waals surface area (Å²) in [5, 5.41) is 10.5. The van der Waals surface area contributed by atoms with Gasteiger partial charge < -0.3 is 5.11 Å². The molecule has 1 aromatic carbocycles. The van der Waals surface area contributed by atoms with Gasteiger partial charge in [0.1, 0.15) is 5.15 Å². The van der Waals surface area contributed by atoms with Crippen LogP contribution in [0.3, 0.4) is 0 Å². The predicted octanol–water partition coefficient (Wildman–Crippen LogP) is 3.48. The molecule has 0 saturated heterocycles. The van der Waals surface area contributed by atoms with E-state index in [4.69, 9.17) is 16.7 Å². The number of nitrogens with zero attached hydrogens (tertiary/aromatic N) is 1. The average Bonchev–Trinajstić information content (AvgIpc) is 2.25. The lowest BCUT2D eigenvalue weighted by molar-refractivity contribution is -0.206. The zero-order valence-corrected chi connectivity index (χ0v) is 9.13. The first-order chi connectivity index (χ1) is 7.88. The molecule has 1 heterocycles. The van der Waals surface area contributed by atoms with Crippen LogP contribution in [0.15, 0.2) is 30.5 Å². The van der Waals surface area contributed by atoms with Crippen LogP contribution in [0.4, 0.5) is 13.2 Å². The maximum atomic E-state index is 12.3. The maximum absolute atomic E-state index is 12.3. The SMILES string of the molecule is OC(c1ccc2cnc(Cl)cc2c1)C(F)(F)F. The molecule has 0 fully saturated rings. The van der Waals surface area contributed by atoms with Crippen molar-refractivity contribution in [2.75, 3.05) is 0 Å². The van der Waals surface area contributed by atoms with Crippen LogP contribution in [0.2, 0.25) is 5.15 Å². The highest BCUT2D eigenvalue weighted by molar-refractivity contribution is 6.30. The first-order valence-electron chi connectivity index (χ1n) is 4.68. The number of halogens is 4. The van der Waals surface area contributed by atoms with E-state index in [1.807, 2.05) is 0 Å². The Kier molecular flexibility index (Phi) is 2.97. The van der Waals surface area contributed by atoms with Crippen molar-refractivity contribution in [1.82, 2.24) is 4.98 Å². The molecule has 0 aliphatic rings. The predicted molar refractivity (Wildman–Crippen MR) is 57.8 cm³/mol. The molecule has 0 spiro atoms. The highest BCUT2D eigenvalue weighted by Gasteiger charge is 2.39. The van der Waals surface area contributed by atoms with Gasteiger partial charge in [0.2, 0.25) is 0 Å².